The lowest BCUT2D eigenvalue weighted by molar-refractivity contribution is -0.175. The number of fused-ring (bicyclic) bond motifs is 1. The zero-order chi connectivity index (χ0) is 14.5. The molecule has 1 N–H and O–H groups in total. The molecule has 4 rings (SSSR count). The van der Waals surface area contributed by atoms with Gasteiger partial charge in [0.2, 0.25) is 0 Å². The maximum absolute atomic E-state index is 12.2. The van der Waals surface area contributed by atoms with Crippen molar-refractivity contribution in [1.29, 1.82) is 0 Å². The van der Waals surface area contributed by atoms with Crippen LogP contribution in [0.5, 0.6) is 0 Å². The first kappa shape index (κ1) is 13.3. The van der Waals surface area contributed by atoms with Gasteiger partial charge < -0.3 is 9.84 Å². The topological polar surface area (TPSA) is 46.5 Å². The molecule has 2 aliphatic carbocycles. The summed E-state index contributed by atoms with van der Waals surface area (Å²) in [6.45, 7) is 0.732. The van der Waals surface area contributed by atoms with Crippen LogP contribution in [0.15, 0.2) is 24.3 Å². The smallest absolute Gasteiger partial charge is 0.310 e. The van der Waals surface area contributed by atoms with E-state index < -0.39 is 11.4 Å². The number of rotatable bonds is 2. The van der Waals surface area contributed by atoms with Crippen LogP contribution in [0.25, 0.3) is 0 Å². The summed E-state index contributed by atoms with van der Waals surface area (Å²) in [5, 5.41) is 10.0. The summed E-state index contributed by atoms with van der Waals surface area (Å²) in [6, 6.07) is 8.24. The third-order valence-electron chi connectivity index (χ3n) is 6.10. The highest BCUT2D eigenvalue weighted by molar-refractivity contribution is 5.77. The number of hydrogen-bond donors (Lipinski definition) is 1. The lowest BCUT2D eigenvalue weighted by atomic mass is 9.62. The van der Waals surface area contributed by atoms with E-state index in [2.05, 4.69) is 12.1 Å². The first-order valence-corrected chi connectivity index (χ1v) is 8.08. The number of hydrogen-bond acceptors (Lipinski definition) is 2. The maximum Gasteiger partial charge on any atom is 0.310 e. The Labute approximate surface area is 125 Å². The van der Waals surface area contributed by atoms with Gasteiger partial charge in [0.1, 0.15) is 0 Å². The third-order valence-corrected chi connectivity index (χ3v) is 6.10. The molecule has 1 atom stereocenters. The van der Waals surface area contributed by atoms with Crippen molar-refractivity contribution in [1.82, 2.24) is 0 Å². The molecule has 3 aliphatic rings. The summed E-state index contributed by atoms with van der Waals surface area (Å²) in [4.78, 5) is 12.2. The minimum absolute atomic E-state index is 0.0140. The van der Waals surface area contributed by atoms with Crippen LogP contribution < -0.4 is 0 Å². The zero-order valence-electron chi connectivity index (χ0n) is 12.3. The summed E-state index contributed by atoms with van der Waals surface area (Å²) < 4.78 is 6.00. The summed E-state index contributed by atoms with van der Waals surface area (Å²) in [7, 11) is 0. The van der Waals surface area contributed by atoms with Crippen LogP contribution in [0.2, 0.25) is 0 Å². The highest BCUT2D eigenvalue weighted by Gasteiger charge is 2.54. The van der Waals surface area contributed by atoms with Crippen LogP contribution in [-0.4, -0.2) is 23.3 Å². The highest BCUT2D eigenvalue weighted by atomic mass is 16.5. The van der Waals surface area contributed by atoms with Crippen molar-refractivity contribution < 1.29 is 14.6 Å². The van der Waals surface area contributed by atoms with E-state index in [1.54, 1.807) is 0 Å². The zero-order valence-corrected chi connectivity index (χ0v) is 12.3. The van der Waals surface area contributed by atoms with Crippen LogP contribution in [0.1, 0.15) is 43.2 Å². The molecule has 112 valence electrons. The number of carboxylic acids is 1. The Morgan fingerprint density at radius 2 is 1.86 bits per heavy atom. The Morgan fingerprint density at radius 3 is 2.38 bits per heavy atom. The van der Waals surface area contributed by atoms with Gasteiger partial charge in [-0.3, -0.25) is 4.79 Å². The molecule has 3 nitrogen and oxygen atoms in total. The predicted molar refractivity (Wildman–Crippen MR) is 79.2 cm³/mol. The standard InChI is InChI=1S/C18H22O3/c19-16(20)18(10-13-4-1-2-5-14(13)11-18)15-6-9-21-17(12-15)7-3-8-17/h1-2,4-5,15H,3,6-12H2,(H,19,20). The van der Waals surface area contributed by atoms with Gasteiger partial charge in [0.05, 0.1) is 11.0 Å². The predicted octanol–water partition coefficient (Wildman–Crippen LogP) is 3.21. The van der Waals surface area contributed by atoms with Gasteiger partial charge in [-0.05, 0) is 62.0 Å². The Morgan fingerprint density at radius 1 is 1.19 bits per heavy atom. The molecule has 1 saturated carbocycles. The summed E-state index contributed by atoms with van der Waals surface area (Å²) in [5.41, 5.74) is 1.87. The van der Waals surface area contributed by atoms with Crippen LogP contribution >= 0.6 is 0 Å². The van der Waals surface area contributed by atoms with Crippen molar-refractivity contribution in [2.24, 2.45) is 11.3 Å². The minimum atomic E-state index is -0.611. The van der Waals surface area contributed by atoms with Gasteiger partial charge in [-0.15, -0.1) is 0 Å². The molecule has 21 heavy (non-hydrogen) atoms. The molecule has 3 heteroatoms. The van der Waals surface area contributed by atoms with Crippen molar-refractivity contribution in [2.45, 2.75) is 50.5 Å². The summed E-state index contributed by atoms with van der Waals surface area (Å²) >= 11 is 0. The fourth-order valence-corrected chi connectivity index (χ4v) is 4.68. The highest BCUT2D eigenvalue weighted by Crippen LogP contribution is 2.53. The van der Waals surface area contributed by atoms with Gasteiger partial charge in [0, 0.05) is 6.61 Å². The van der Waals surface area contributed by atoms with Crippen molar-refractivity contribution in [3.8, 4) is 0 Å². The van der Waals surface area contributed by atoms with Gasteiger partial charge in [-0.25, -0.2) is 0 Å². The van der Waals surface area contributed by atoms with Gasteiger partial charge in [-0.1, -0.05) is 24.3 Å². The number of carbonyl (C=O) groups is 1. The fourth-order valence-electron chi connectivity index (χ4n) is 4.68. The average molecular weight is 286 g/mol. The number of carboxylic acid groups (broad SMARTS) is 1. The Hall–Kier alpha value is -1.35. The van der Waals surface area contributed by atoms with E-state index in [1.807, 2.05) is 12.1 Å². The number of benzene rings is 1. The van der Waals surface area contributed by atoms with Crippen molar-refractivity contribution in [3.63, 3.8) is 0 Å². The molecule has 1 aromatic rings. The van der Waals surface area contributed by atoms with Crippen LogP contribution in [0.4, 0.5) is 0 Å². The lowest BCUT2D eigenvalue weighted by Crippen LogP contribution is -2.51. The van der Waals surface area contributed by atoms with Crippen molar-refractivity contribution in [3.05, 3.63) is 35.4 Å². The van der Waals surface area contributed by atoms with E-state index >= 15 is 0 Å². The van der Waals surface area contributed by atoms with Crippen molar-refractivity contribution >= 4 is 5.97 Å². The molecule has 1 unspecified atom stereocenters. The van der Waals surface area contributed by atoms with E-state index in [9.17, 15) is 9.90 Å². The molecular weight excluding hydrogens is 264 g/mol. The molecule has 1 saturated heterocycles. The van der Waals surface area contributed by atoms with Crippen molar-refractivity contribution in [2.75, 3.05) is 6.61 Å². The second-order valence-corrected chi connectivity index (χ2v) is 7.16. The number of ether oxygens (including phenoxy) is 1. The molecule has 1 aliphatic heterocycles. The molecule has 0 amide bonds. The summed E-state index contributed by atoms with van der Waals surface area (Å²) in [5.74, 6) is -0.364. The van der Waals surface area contributed by atoms with Gasteiger partial charge in [-0.2, -0.15) is 0 Å². The van der Waals surface area contributed by atoms with Gasteiger partial charge >= 0.3 is 5.97 Å². The largest absolute Gasteiger partial charge is 0.481 e. The molecule has 0 bridgehead atoms. The normalized spacial score (nSPS) is 28.9. The SMILES string of the molecule is O=C(O)C1(C2CCOC3(CCC3)C2)Cc2ccccc2C1. The minimum Gasteiger partial charge on any atom is -0.481 e. The monoisotopic (exact) mass is 286 g/mol. The lowest BCUT2D eigenvalue weighted by Gasteiger charge is -2.50. The average Bonchev–Trinajstić information content (AvgIpc) is 2.86. The van der Waals surface area contributed by atoms with E-state index in [-0.39, 0.29) is 11.5 Å². The van der Waals surface area contributed by atoms with Crippen LogP contribution in [-0.2, 0) is 22.4 Å². The molecule has 1 spiro atoms. The first-order valence-electron chi connectivity index (χ1n) is 8.08. The number of aliphatic carboxylic acids is 1. The summed E-state index contributed by atoms with van der Waals surface area (Å²) in [6.07, 6.45) is 6.68. The van der Waals surface area contributed by atoms with E-state index in [1.165, 1.54) is 17.5 Å². The Bertz CT molecular complexity index is 549. The molecule has 2 fully saturated rings. The van der Waals surface area contributed by atoms with Crippen LogP contribution in [0, 0.1) is 11.3 Å². The van der Waals surface area contributed by atoms with Gasteiger partial charge in [0.25, 0.3) is 0 Å². The molecule has 0 radical (unpaired) electrons. The van der Waals surface area contributed by atoms with E-state index in [0.29, 0.717) is 12.8 Å². The van der Waals surface area contributed by atoms with E-state index in [4.69, 9.17) is 4.74 Å². The maximum atomic E-state index is 12.2. The van der Waals surface area contributed by atoms with Crippen LogP contribution in [0.3, 0.4) is 0 Å². The molecule has 1 aromatic carbocycles. The second-order valence-electron chi connectivity index (χ2n) is 7.16. The van der Waals surface area contributed by atoms with E-state index in [0.717, 1.165) is 32.3 Å². The Kier molecular flexibility index (Phi) is 2.90. The third kappa shape index (κ3) is 1.94. The second kappa shape index (κ2) is 4.57. The quantitative estimate of drug-likeness (QED) is 0.908. The fraction of sp³-hybridized carbons (Fsp3) is 0.611. The molecule has 0 aromatic heterocycles. The molecular formula is C18H22O3. The Balaban J connectivity index is 1.65. The van der Waals surface area contributed by atoms with Gasteiger partial charge in [0.15, 0.2) is 0 Å². The first-order chi connectivity index (χ1) is 10.1. The molecule has 1 heterocycles.